The summed E-state index contributed by atoms with van der Waals surface area (Å²) in [5.74, 6) is 0.717. The topological polar surface area (TPSA) is 41.5 Å². The zero-order chi connectivity index (χ0) is 14.8. The highest BCUT2D eigenvalue weighted by atomic mass is 32.2. The molecule has 1 aromatic carbocycles. The van der Waals surface area contributed by atoms with Crippen molar-refractivity contribution < 1.29 is 9.84 Å². The van der Waals surface area contributed by atoms with Gasteiger partial charge in [0.1, 0.15) is 0 Å². The average Bonchev–Trinajstić information content (AvgIpc) is 2.45. The normalized spacial score (nSPS) is 12.7. The number of ether oxygens (including phenoxy) is 1. The van der Waals surface area contributed by atoms with Gasteiger partial charge in [-0.3, -0.25) is 0 Å². The third-order valence-electron chi connectivity index (χ3n) is 3.01. The van der Waals surface area contributed by atoms with E-state index in [9.17, 15) is 5.11 Å². The summed E-state index contributed by atoms with van der Waals surface area (Å²) in [5.41, 5.74) is 1.03. The predicted molar refractivity (Wildman–Crippen MR) is 87.6 cm³/mol. The summed E-state index contributed by atoms with van der Waals surface area (Å²) in [7, 11) is 0. The summed E-state index contributed by atoms with van der Waals surface area (Å²) < 4.78 is 5.48. The molecule has 0 bridgehead atoms. The first-order chi connectivity index (χ1) is 9.61. The lowest BCUT2D eigenvalue weighted by atomic mass is 10.1. The van der Waals surface area contributed by atoms with Gasteiger partial charge >= 0.3 is 0 Å². The summed E-state index contributed by atoms with van der Waals surface area (Å²) in [6.07, 6.45) is 3.83. The second-order valence-electron chi connectivity index (χ2n) is 5.37. The van der Waals surface area contributed by atoms with Crippen LogP contribution in [0.2, 0.25) is 0 Å². The Balaban J connectivity index is 2.11. The Hall–Kier alpha value is -0.710. The van der Waals surface area contributed by atoms with Crippen molar-refractivity contribution in [2.24, 2.45) is 5.92 Å². The molecule has 0 saturated carbocycles. The molecule has 0 spiro atoms. The highest BCUT2D eigenvalue weighted by Gasteiger charge is 2.04. The molecule has 0 amide bonds. The minimum atomic E-state index is -0.464. The summed E-state index contributed by atoms with van der Waals surface area (Å²) in [6, 6.07) is 8.20. The first-order valence-electron chi connectivity index (χ1n) is 7.25. The van der Waals surface area contributed by atoms with Crippen molar-refractivity contribution in [2.45, 2.75) is 37.7 Å². The minimum Gasteiger partial charge on any atom is -0.389 e. The SMILES string of the molecule is CSc1ccc(NCC(O)COCCCC(C)C)cc1. The number of anilines is 1. The lowest BCUT2D eigenvalue weighted by molar-refractivity contribution is 0.0409. The highest BCUT2D eigenvalue weighted by molar-refractivity contribution is 7.98. The van der Waals surface area contributed by atoms with Crippen molar-refractivity contribution in [1.29, 1.82) is 0 Å². The van der Waals surface area contributed by atoms with Crippen LogP contribution in [0, 0.1) is 5.92 Å². The van der Waals surface area contributed by atoms with Gasteiger partial charge in [-0.05, 0) is 49.3 Å². The van der Waals surface area contributed by atoms with Gasteiger partial charge in [-0.25, -0.2) is 0 Å². The van der Waals surface area contributed by atoms with Crippen molar-refractivity contribution in [3.8, 4) is 0 Å². The maximum Gasteiger partial charge on any atom is 0.0945 e. The van der Waals surface area contributed by atoms with Gasteiger partial charge in [0, 0.05) is 23.7 Å². The van der Waals surface area contributed by atoms with E-state index in [0.717, 1.165) is 24.6 Å². The lowest BCUT2D eigenvalue weighted by Gasteiger charge is -2.13. The van der Waals surface area contributed by atoms with Crippen LogP contribution in [-0.2, 0) is 4.74 Å². The summed E-state index contributed by atoms with van der Waals surface area (Å²) in [5, 5.41) is 13.0. The summed E-state index contributed by atoms with van der Waals surface area (Å²) >= 11 is 1.72. The zero-order valence-electron chi connectivity index (χ0n) is 12.8. The van der Waals surface area contributed by atoms with Gasteiger partial charge in [-0.1, -0.05) is 13.8 Å². The number of benzene rings is 1. The Morgan fingerprint density at radius 2 is 1.95 bits per heavy atom. The second kappa shape index (κ2) is 10.1. The molecule has 114 valence electrons. The molecule has 1 aromatic rings. The Labute approximate surface area is 127 Å². The van der Waals surface area contributed by atoms with Gasteiger partial charge in [0.2, 0.25) is 0 Å². The molecule has 0 aliphatic carbocycles. The van der Waals surface area contributed by atoms with Crippen LogP contribution in [0.25, 0.3) is 0 Å². The first-order valence-corrected chi connectivity index (χ1v) is 8.48. The number of rotatable bonds is 10. The molecule has 1 rings (SSSR count). The fourth-order valence-electron chi connectivity index (χ4n) is 1.82. The van der Waals surface area contributed by atoms with Crippen LogP contribution >= 0.6 is 11.8 Å². The van der Waals surface area contributed by atoms with Crippen LogP contribution in [-0.4, -0.2) is 37.2 Å². The Kier molecular flexibility index (Phi) is 8.74. The third-order valence-corrected chi connectivity index (χ3v) is 3.76. The molecular weight excluding hydrogens is 270 g/mol. The van der Waals surface area contributed by atoms with Crippen LogP contribution in [0.1, 0.15) is 26.7 Å². The summed E-state index contributed by atoms with van der Waals surface area (Å²) in [4.78, 5) is 1.24. The minimum absolute atomic E-state index is 0.397. The first kappa shape index (κ1) is 17.3. The zero-order valence-corrected chi connectivity index (χ0v) is 13.6. The largest absolute Gasteiger partial charge is 0.389 e. The number of hydrogen-bond acceptors (Lipinski definition) is 4. The van der Waals surface area contributed by atoms with E-state index in [2.05, 4.69) is 37.6 Å². The van der Waals surface area contributed by atoms with Gasteiger partial charge < -0.3 is 15.2 Å². The van der Waals surface area contributed by atoms with E-state index in [-0.39, 0.29) is 0 Å². The average molecular weight is 297 g/mol. The molecule has 1 atom stereocenters. The van der Waals surface area contributed by atoms with E-state index in [1.54, 1.807) is 11.8 Å². The maximum absolute atomic E-state index is 9.83. The van der Waals surface area contributed by atoms with Gasteiger partial charge in [0.05, 0.1) is 12.7 Å². The number of thioether (sulfide) groups is 1. The number of aliphatic hydroxyl groups excluding tert-OH is 1. The van der Waals surface area contributed by atoms with Crippen molar-refractivity contribution in [3.05, 3.63) is 24.3 Å². The molecule has 20 heavy (non-hydrogen) atoms. The molecule has 0 saturated heterocycles. The van der Waals surface area contributed by atoms with Crippen molar-refractivity contribution in [1.82, 2.24) is 0 Å². The fraction of sp³-hybridized carbons (Fsp3) is 0.625. The molecule has 0 radical (unpaired) electrons. The van der Waals surface area contributed by atoms with E-state index in [4.69, 9.17) is 4.74 Å². The molecule has 4 heteroatoms. The Morgan fingerprint density at radius 3 is 2.55 bits per heavy atom. The van der Waals surface area contributed by atoms with Crippen LogP contribution in [0.4, 0.5) is 5.69 Å². The Morgan fingerprint density at radius 1 is 1.25 bits per heavy atom. The van der Waals surface area contributed by atoms with E-state index in [0.29, 0.717) is 13.2 Å². The van der Waals surface area contributed by atoms with Crippen molar-refractivity contribution >= 4 is 17.4 Å². The van der Waals surface area contributed by atoms with Gasteiger partial charge in [-0.15, -0.1) is 11.8 Å². The Bertz CT molecular complexity index is 354. The van der Waals surface area contributed by atoms with Crippen molar-refractivity contribution in [2.75, 3.05) is 31.3 Å². The number of hydrogen-bond donors (Lipinski definition) is 2. The van der Waals surface area contributed by atoms with Crippen LogP contribution in [0.3, 0.4) is 0 Å². The standard InChI is InChI=1S/C16H27NO2S/c1-13(2)5-4-10-19-12-15(18)11-17-14-6-8-16(20-3)9-7-14/h6-9,13,15,17-18H,4-5,10-12H2,1-3H3. The molecule has 0 aliphatic rings. The van der Waals surface area contributed by atoms with E-state index in [1.807, 2.05) is 12.1 Å². The summed E-state index contributed by atoms with van der Waals surface area (Å²) in [6.45, 7) is 6.07. The van der Waals surface area contributed by atoms with E-state index < -0.39 is 6.10 Å². The molecular formula is C16H27NO2S. The van der Waals surface area contributed by atoms with Crippen LogP contribution in [0.15, 0.2) is 29.2 Å². The van der Waals surface area contributed by atoms with Crippen LogP contribution in [0.5, 0.6) is 0 Å². The van der Waals surface area contributed by atoms with Gasteiger partial charge in [0.25, 0.3) is 0 Å². The van der Waals surface area contributed by atoms with Gasteiger partial charge in [-0.2, -0.15) is 0 Å². The highest BCUT2D eigenvalue weighted by Crippen LogP contribution is 2.17. The van der Waals surface area contributed by atoms with Crippen LogP contribution < -0.4 is 5.32 Å². The molecule has 0 fully saturated rings. The maximum atomic E-state index is 9.83. The second-order valence-corrected chi connectivity index (χ2v) is 6.25. The van der Waals surface area contributed by atoms with Gasteiger partial charge in [0.15, 0.2) is 0 Å². The van der Waals surface area contributed by atoms with Crippen molar-refractivity contribution in [3.63, 3.8) is 0 Å². The predicted octanol–water partition coefficient (Wildman–Crippen LogP) is 3.63. The molecule has 2 N–H and O–H groups in total. The third kappa shape index (κ3) is 7.78. The molecule has 0 heterocycles. The number of aliphatic hydroxyl groups is 1. The molecule has 0 aromatic heterocycles. The molecule has 0 aliphatic heterocycles. The lowest BCUT2D eigenvalue weighted by Crippen LogP contribution is -2.25. The smallest absolute Gasteiger partial charge is 0.0945 e. The quantitative estimate of drug-likeness (QED) is 0.511. The molecule has 1 unspecified atom stereocenters. The van der Waals surface area contributed by atoms with E-state index in [1.165, 1.54) is 11.3 Å². The number of nitrogens with one attached hydrogen (secondary N) is 1. The van der Waals surface area contributed by atoms with E-state index >= 15 is 0 Å². The fourth-order valence-corrected chi connectivity index (χ4v) is 2.22. The molecule has 3 nitrogen and oxygen atoms in total. The monoisotopic (exact) mass is 297 g/mol.